The molecule has 0 radical (unpaired) electrons. The number of rotatable bonds is 8. The first-order valence-electron chi connectivity index (χ1n) is 18.3. The van der Waals surface area contributed by atoms with Gasteiger partial charge in [0.1, 0.15) is 35.2 Å². The minimum atomic E-state index is -3.94. The number of ether oxygens (including phenoxy) is 1. The molecular formula is C37H41F2N7O7S. The maximum atomic E-state index is 14.6. The standard InChI is InChI=1S/C37H41F2N7O7S/c1-2-27-34(43-30-16-22(38)10-13-28(30)41-27)53-23-17-31-33(48)44-37(36(50)45-54(51,52)24-11-12-24)18-21(37)8-6-4-3-5-7-9-29(35(49)46(31)20-23)42-32(47)25-14-15-40-19-26(25)39/h6,8,10,13-16,19,21,23-24,29,31H,2-5,7,9,11-12,17-18,20H2,1H3,(H,42,47)(H,44,48)(H,45,50)/b8-6-/t21?,23-,29+,31+,37-/m1/s1. The van der Waals surface area contributed by atoms with Gasteiger partial charge in [-0.15, -0.1) is 0 Å². The number of nitrogens with zero attached hydrogens (tertiary/aromatic N) is 4. The summed E-state index contributed by atoms with van der Waals surface area (Å²) in [7, 11) is -3.94. The van der Waals surface area contributed by atoms with Crippen molar-refractivity contribution in [1.82, 2.24) is 35.2 Å². The van der Waals surface area contributed by atoms with E-state index in [9.17, 15) is 36.4 Å². The van der Waals surface area contributed by atoms with Gasteiger partial charge in [-0.05, 0) is 63.1 Å². The fraction of sp³-hybridized carbons (Fsp3) is 0.486. The smallest absolute Gasteiger partial charge is 0.259 e. The number of pyridine rings is 1. The normalized spacial score (nSPS) is 26.8. The van der Waals surface area contributed by atoms with E-state index in [-0.39, 0.29) is 42.8 Å². The first-order valence-corrected chi connectivity index (χ1v) is 19.8. The van der Waals surface area contributed by atoms with Crippen molar-refractivity contribution in [2.24, 2.45) is 5.92 Å². The number of amides is 4. The molecule has 2 saturated carbocycles. The third kappa shape index (κ3) is 7.77. The molecule has 7 rings (SSSR count). The van der Waals surface area contributed by atoms with Gasteiger partial charge in [-0.2, -0.15) is 0 Å². The third-order valence-electron chi connectivity index (χ3n) is 10.4. The number of aromatic nitrogens is 3. The molecule has 2 aromatic heterocycles. The van der Waals surface area contributed by atoms with Crippen LogP contribution in [0.3, 0.4) is 0 Å². The van der Waals surface area contributed by atoms with Crippen molar-refractivity contribution in [1.29, 1.82) is 0 Å². The van der Waals surface area contributed by atoms with Crippen LogP contribution in [-0.2, 0) is 30.8 Å². The lowest BCUT2D eigenvalue weighted by atomic mass is 10.0. The highest BCUT2D eigenvalue weighted by molar-refractivity contribution is 7.91. The van der Waals surface area contributed by atoms with Gasteiger partial charge in [0.2, 0.25) is 27.7 Å². The van der Waals surface area contributed by atoms with E-state index in [1.54, 1.807) is 0 Å². The molecule has 54 heavy (non-hydrogen) atoms. The Morgan fingerprint density at radius 1 is 1.07 bits per heavy atom. The van der Waals surface area contributed by atoms with Gasteiger partial charge in [-0.3, -0.25) is 28.9 Å². The van der Waals surface area contributed by atoms with Crippen LogP contribution in [0, 0.1) is 17.6 Å². The lowest BCUT2D eigenvalue weighted by molar-refractivity contribution is -0.141. The summed E-state index contributed by atoms with van der Waals surface area (Å²) in [5, 5.41) is 4.81. The van der Waals surface area contributed by atoms with Crippen LogP contribution >= 0.6 is 0 Å². The van der Waals surface area contributed by atoms with E-state index >= 15 is 0 Å². The van der Waals surface area contributed by atoms with Gasteiger partial charge in [0.25, 0.3) is 11.8 Å². The second kappa shape index (κ2) is 15.0. The van der Waals surface area contributed by atoms with Crippen LogP contribution in [-0.4, -0.2) is 87.4 Å². The van der Waals surface area contributed by atoms with E-state index in [1.165, 1.54) is 35.4 Å². The van der Waals surface area contributed by atoms with Gasteiger partial charge in [0, 0.05) is 24.6 Å². The molecule has 0 bridgehead atoms. The quantitative estimate of drug-likeness (QED) is 0.288. The van der Waals surface area contributed by atoms with Gasteiger partial charge in [0.15, 0.2) is 5.82 Å². The van der Waals surface area contributed by atoms with Gasteiger partial charge in [-0.25, -0.2) is 27.2 Å². The fourth-order valence-electron chi connectivity index (χ4n) is 7.17. The third-order valence-corrected chi connectivity index (χ3v) is 12.3. The van der Waals surface area contributed by atoms with Crippen LogP contribution in [0.5, 0.6) is 5.88 Å². The van der Waals surface area contributed by atoms with Crippen molar-refractivity contribution in [2.45, 2.75) is 100 Å². The summed E-state index contributed by atoms with van der Waals surface area (Å²) >= 11 is 0. The highest BCUT2D eigenvalue weighted by Crippen LogP contribution is 2.46. The fourth-order valence-corrected chi connectivity index (χ4v) is 8.54. The van der Waals surface area contributed by atoms with Crippen molar-refractivity contribution >= 4 is 44.7 Å². The largest absolute Gasteiger partial charge is 0.471 e. The summed E-state index contributed by atoms with van der Waals surface area (Å²) in [5.41, 5.74) is -0.697. The van der Waals surface area contributed by atoms with Crippen molar-refractivity contribution in [3.8, 4) is 5.88 Å². The molecule has 4 heterocycles. The van der Waals surface area contributed by atoms with Gasteiger partial charge in [-0.1, -0.05) is 31.9 Å². The highest BCUT2D eigenvalue weighted by Gasteiger charge is 2.62. The second-order valence-corrected chi connectivity index (χ2v) is 16.3. The lowest BCUT2D eigenvalue weighted by Crippen LogP contribution is -2.58. The Kier molecular flexibility index (Phi) is 10.3. The van der Waals surface area contributed by atoms with Crippen molar-refractivity contribution in [2.75, 3.05) is 6.54 Å². The number of fused-ring (bicyclic) bond motifs is 3. The lowest BCUT2D eigenvalue weighted by Gasteiger charge is -2.30. The molecular weight excluding hydrogens is 725 g/mol. The molecule has 0 spiro atoms. The number of halogens is 2. The topological polar surface area (TPSA) is 190 Å². The molecule has 2 aliphatic carbocycles. The van der Waals surface area contributed by atoms with Gasteiger partial charge >= 0.3 is 0 Å². The van der Waals surface area contributed by atoms with E-state index in [4.69, 9.17) is 4.74 Å². The number of benzene rings is 1. The number of allylic oxidation sites excluding steroid dienone is 1. The first-order chi connectivity index (χ1) is 25.9. The molecule has 14 nitrogen and oxygen atoms in total. The summed E-state index contributed by atoms with van der Waals surface area (Å²) in [6, 6.07) is 2.81. The zero-order valence-corrected chi connectivity index (χ0v) is 30.4. The number of carbonyl (C=O) groups excluding carboxylic acids is 4. The van der Waals surface area contributed by atoms with Crippen LogP contribution in [0.25, 0.3) is 11.0 Å². The van der Waals surface area contributed by atoms with Crippen LogP contribution in [0.15, 0.2) is 48.8 Å². The minimum Gasteiger partial charge on any atom is -0.471 e. The molecule has 17 heteroatoms. The van der Waals surface area contributed by atoms with E-state index in [1.807, 2.05) is 19.1 Å². The summed E-state index contributed by atoms with van der Waals surface area (Å²) < 4.78 is 62.8. The SMILES string of the molecule is CCc1nc2ccc(F)cc2nc1O[C@@H]1C[C@H]2C(=O)N[C@]3(C(=O)NS(=O)(=O)C4CC4)CC3/C=C\CCCCC[C@H](NC(=O)c3ccncc3F)C(=O)N2C1. The molecule has 1 aromatic carbocycles. The van der Waals surface area contributed by atoms with E-state index in [0.29, 0.717) is 49.7 Å². The number of nitrogens with one attached hydrogen (secondary N) is 3. The average molecular weight is 766 g/mol. The molecule has 1 saturated heterocycles. The summed E-state index contributed by atoms with van der Waals surface area (Å²) in [5.74, 6) is -4.79. The predicted octanol–water partition coefficient (Wildman–Crippen LogP) is 3.02. The molecule has 3 N–H and O–H groups in total. The predicted molar refractivity (Wildman–Crippen MR) is 190 cm³/mol. The number of carbonyl (C=O) groups is 4. The molecule has 3 aromatic rings. The van der Waals surface area contributed by atoms with Crippen LogP contribution in [0.2, 0.25) is 0 Å². The Bertz CT molecular complexity index is 2130. The maximum absolute atomic E-state index is 14.6. The molecule has 4 aliphatic rings. The van der Waals surface area contributed by atoms with Gasteiger partial charge in [0.05, 0.1) is 34.6 Å². The Morgan fingerprint density at radius 3 is 2.65 bits per heavy atom. The molecule has 2 aliphatic heterocycles. The first kappa shape index (κ1) is 37.3. The maximum Gasteiger partial charge on any atom is 0.259 e. The minimum absolute atomic E-state index is 0.0676. The van der Waals surface area contributed by atoms with E-state index < -0.39 is 80.2 Å². The van der Waals surface area contributed by atoms with Crippen LogP contribution < -0.4 is 20.1 Å². The molecule has 4 amide bonds. The van der Waals surface area contributed by atoms with Gasteiger partial charge < -0.3 is 20.3 Å². The van der Waals surface area contributed by atoms with Crippen molar-refractivity contribution in [3.63, 3.8) is 0 Å². The van der Waals surface area contributed by atoms with E-state index in [2.05, 4.69) is 30.3 Å². The summed E-state index contributed by atoms with van der Waals surface area (Å²) in [4.78, 5) is 69.9. The Labute approximate surface area is 310 Å². The van der Waals surface area contributed by atoms with Crippen molar-refractivity contribution < 1.29 is 41.1 Å². The molecule has 3 fully saturated rings. The highest BCUT2D eigenvalue weighted by atomic mass is 32.2. The van der Waals surface area contributed by atoms with Crippen LogP contribution in [0.1, 0.15) is 80.8 Å². The molecule has 286 valence electrons. The zero-order chi connectivity index (χ0) is 38.2. The van der Waals surface area contributed by atoms with E-state index in [0.717, 1.165) is 12.6 Å². The summed E-state index contributed by atoms with van der Waals surface area (Å²) in [6.07, 6.45) is 9.13. The monoisotopic (exact) mass is 765 g/mol. The Hall–Kier alpha value is -5.06. The second-order valence-electron chi connectivity index (χ2n) is 14.3. The molecule has 1 unspecified atom stereocenters. The number of hydrogen-bond acceptors (Lipinski definition) is 10. The summed E-state index contributed by atoms with van der Waals surface area (Å²) in [6.45, 7) is 1.70. The number of hydrogen-bond donors (Lipinski definition) is 3. The Balaban J connectivity index is 1.21. The number of sulfonamides is 1. The zero-order valence-electron chi connectivity index (χ0n) is 29.6. The number of aryl methyl sites for hydroxylation is 1. The van der Waals surface area contributed by atoms with Crippen LogP contribution in [0.4, 0.5) is 8.78 Å². The Morgan fingerprint density at radius 2 is 1.89 bits per heavy atom. The molecule has 5 atom stereocenters. The average Bonchev–Trinajstić information content (AvgIpc) is 4.07. The van der Waals surface area contributed by atoms with Crippen molar-refractivity contribution in [3.05, 3.63) is 71.7 Å².